The normalized spacial score (nSPS) is 18.8. The van der Waals surface area contributed by atoms with Crippen LogP contribution in [0, 0.1) is 0 Å². The molecule has 48 heavy (non-hydrogen) atoms. The lowest BCUT2D eigenvalue weighted by Gasteiger charge is -2.45. The highest BCUT2D eigenvalue weighted by Crippen LogP contribution is 2.39. The number of aliphatic hydroxyl groups is 1. The second-order valence-electron chi connectivity index (χ2n) is 12.2. The standard InChI is InChI=1S/C32H35F3N10O3/c1-31(47)18-44(19-31)27-24(32(33,34)35)15-38-28(43-27)42-22-8-10-23(11-9-22)45(30(46)41-12-20-6-4-3-5-7-20)26-17-36-25(16-37-26)21-13-39-29(48-2)40-14-21/h3-7,13-17,22-23,47H,8-12,18-19H2,1-2H3,(H,41,46)(H,38,42,43). The Balaban J connectivity index is 1.16. The van der Waals surface area contributed by atoms with Crippen LogP contribution in [0.4, 0.5) is 35.5 Å². The van der Waals surface area contributed by atoms with E-state index in [0.717, 1.165) is 11.8 Å². The second-order valence-corrected chi connectivity index (χ2v) is 12.2. The van der Waals surface area contributed by atoms with Gasteiger partial charge in [-0.25, -0.2) is 24.7 Å². The number of carbonyl (C=O) groups excluding carboxylic acids is 1. The molecule has 4 aromatic rings. The lowest BCUT2D eigenvalue weighted by atomic mass is 9.90. The van der Waals surface area contributed by atoms with Gasteiger partial charge in [0.1, 0.15) is 11.4 Å². The number of hydrogen-bond donors (Lipinski definition) is 3. The molecule has 1 aliphatic carbocycles. The first kappa shape index (κ1) is 32.8. The minimum atomic E-state index is -4.64. The van der Waals surface area contributed by atoms with Crippen molar-refractivity contribution in [1.29, 1.82) is 0 Å². The fourth-order valence-electron chi connectivity index (χ4n) is 5.93. The number of carbonyl (C=O) groups is 1. The van der Waals surface area contributed by atoms with Gasteiger partial charge in [0.15, 0.2) is 5.82 Å². The highest BCUT2D eigenvalue weighted by molar-refractivity contribution is 5.91. The molecule has 2 amide bonds. The average molecular weight is 665 g/mol. The first-order valence-corrected chi connectivity index (χ1v) is 15.5. The van der Waals surface area contributed by atoms with E-state index in [2.05, 4.69) is 40.5 Å². The van der Waals surface area contributed by atoms with E-state index < -0.39 is 17.3 Å². The highest BCUT2D eigenvalue weighted by atomic mass is 19.4. The molecule has 252 valence electrons. The third-order valence-electron chi connectivity index (χ3n) is 8.33. The fraction of sp³-hybridized carbons (Fsp3) is 0.406. The number of benzene rings is 1. The zero-order chi connectivity index (χ0) is 33.9. The van der Waals surface area contributed by atoms with Crippen LogP contribution in [-0.2, 0) is 12.7 Å². The van der Waals surface area contributed by atoms with Crippen molar-refractivity contribution in [2.75, 3.05) is 35.3 Å². The molecule has 0 unspecified atom stereocenters. The lowest BCUT2D eigenvalue weighted by molar-refractivity contribution is -0.137. The number of ether oxygens (including phenoxy) is 1. The molecule has 13 nitrogen and oxygen atoms in total. The number of halogens is 3. The van der Waals surface area contributed by atoms with Crippen LogP contribution in [0.25, 0.3) is 11.3 Å². The van der Waals surface area contributed by atoms with E-state index in [-0.39, 0.29) is 49.0 Å². The van der Waals surface area contributed by atoms with Gasteiger partial charge in [-0.3, -0.25) is 9.88 Å². The second kappa shape index (κ2) is 13.5. The summed E-state index contributed by atoms with van der Waals surface area (Å²) >= 11 is 0. The van der Waals surface area contributed by atoms with Gasteiger partial charge < -0.3 is 25.4 Å². The third-order valence-corrected chi connectivity index (χ3v) is 8.33. The highest BCUT2D eigenvalue weighted by Gasteiger charge is 2.43. The number of aromatic nitrogens is 6. The Bertz CT molecular complexity index is 1690. The van der Waals surface area contributed by atoms with E-state index >= 15 is 0 Å². The van der Waals surface area contributed by atoms with Crippen molar-refractivity contribution in [3.8, 4) is 17.3 Å². The van der Waals surface area contributed by atoms with E-state index in [1.165, 1.54) is 18.2 Å². The third kappa shape index (κ3) is 7.54. The molecule has 16 heteroatoms. The molecule has 1 aliphatic heterocycles. The summed E-state index contributed by atoms with van der Waals surface area (Å²) in [5, 5.41) is 16.3. The molecule has 6 rings (SSSR count). The number of urea groups is 1. The Labute approximate surface area is 274 Å². The Hall–Kier alpha value is -5.12. The first-order chi connectivity index (χ1) is 23.0. The number of alkyl halides is 3. The average Bonchev–Trinajstić information content (AvgIpc) is 3.07. The Morgan fingerprint density at radius 1 is 1.00 bits per heavy atom. The van der Waals surface area contributed by atoms with E-state index in [0.29, 0.717) is 49.3 Å². The molecule has 0 radical (unpaired) electrons. The minimum Gasteiger partial charge on any atom is -0.467 e. The van der Waals surface area contributed by atoms with Crippen LogP contribution in [0.5, 0.6) is 6.01 Å². The molecule has 0 bridgehead atoms. The summed E-state index contributed by atoms with van der Waals surface area (Å²) in [5.41, 5.74) is 0.0771. The van der Waals surface area contributed by atoms with Crippen LogP contribution in [-0.4, -0.2) is 78.9 Å². The monoisotopic (exact) mass is 664 g/mol. The van der Waals surface area contributed by atoms with Crippen molar-refractivity contribution in [2.45, 2.75) is 63.0 Å². The number of β-amino-alcohol motifs (C(OH)–C–C–N with tert-alkyl or cyclic N) is 1. The molecular weight excluding hydrogens is 629 g/mol. The maximum Gasteiger partial charge on any atom is 0.421 e. The van der Waals surface area contributed by atoms with Crippen molar-refractivity contribution in [3.05, 3.63) is 72.4 Å². The Morgan fingerprint density at radius 3 is 2.31 bits per heavy atom. The van der Waals surface area contributed by atoms with E-state index in [4.69, 9.17) is 4.74 Å². The summed E-state index contributed by atoms with van der Waals surface area (Å²) < 4.78 is 46.2. The van der Waals surface area contributed by atoms with Crippen LogP contribution >= 0.6 is 0 Å². The largest absolute Gasteiger partial charge is 0.467 e. The predicted octanol–water partition coefficient (Wildman–Crippen LogP) is 4.46. The molecular formula is C32H35F3N10O3. The molecule has 1 saturated carbocycles. The van der Waals surface area contributed by atoms with Crippen molar-refractivity contribution >= 4 is 23.6 Å². The molecule has 1 aromatic carbocycles. The summed E-state index contributed by atoms with van der Waals surface area (Å²) in [7, 11) is 1.48. The van der Waals surface area contributed by atoms with Crippen LogP contribution in [0.2, 0.25) is 0 Å². The lowest BCUT2D eigenvalue weighted by Crippen LogP contribution is -2.60. The molecule has 1 saturated heterocycles. The summed E-state index contributed by atoms with van der Waals surface area (Å²) in [6, 6.07) is 9.09. The molecule has 2 fully saturated rings. The fourth-order valence-corrected chi connectivity index (χ4v) is 5.93. The van der Waals surface area contributed by atoms with Crippen LogP contribution < -0.4 is 25.2 Å². The number of amides is 2. The molecule has 2 aliphatic rings. The smallest absolute Gasteiger partial charge is 0.421 e. The zero-order valence-corrected chi connectivity index (χ0v) is 26.4. The number of nitrogens with one attached hydrogen (secondary N) is 2. The summed E-state index contributed by atoms with van der Waals surface area (Å²) in [6.45, 7) is 1.97. The van der Waals surface area contributed by atoms with Crippen LogP contribution in [0.15, 0.2) is 61.3 Å². The quantitative estimate of drug-likeness (QED) is 0.232. The van der Waals surface area contributed by atoms with Gasteiger partial charge in [-0.15, -0.1) is 0 Å². The number of hydrogen-bond acceptors (Lipinski definition) is 11. The molecule has 3 N–H and O–H groups in total. The maximum atomic E-state index is 13.7. The number of methoxy groups -OCH3 is 1. The van der Waals surface area contributed by atoms with E-state index in [1.54, 1.807) is 30.4 Å². The summed E-state index contributed by atoms with van der Waals surface area (Å²) in [6.07, 6.45) is 4.74. The molecule has 4 heterocycles. The van der Waals surface area contributed by atoms with Gasteiger partial charge in [-0.2, -0.15) is 18.2 Å². The zero-order valence-electron chi connectivity index (χ0n) is 26.4. The summed E-state index contributed by atoms with van der Waals surface area (Å²) in [5.74, 6) is 0.190. The predicted molar refractivity (Wildman–Crippen MR) is 170 cm³/mol. The van der Waals surface area contributed by atoms with E-state index in [9.17, 15) is 23.1 Å². The number of anilines is 3. The topological polar surface area (TPSA) is 154 Å². The van der Waals surface area contributed by atoms with Gasteiger partial charge in [0.25, 0.3) is 0 Å². The maximum absolute atomic E-state index is 13.7. The Kier molecular flexibility index (Phi) is 9.26. The van der Waals surface area contributed by atoms with Gasteiger partial charge in [-0.1, -0.05) is 30.3 Å². The molecule has 3 aromatic heterocycles. The van der Waals surface area contributed by atoms with Crippen LogP contribution in [0.3, 0.4) is 0 Å². The van der Waals surface area contributed by atoms with Crippen LogP contribution in [0.1, 0.15) is 43.7 Å². The first-order valence-electron chi connectivity index (χ1n) is 15.5. The summed E-state index contributed by atoms with van der Waals surface area (Å²) in [4.78, 5) is 42.2. The van der Waals surface area contributed by atoms with Gasteiger partial charge >= 0.3 is 18.2 Å². The van der Waals surface area contributed by atoms with Crippen molar-refractivity contribution < 1.29 is 27.8 Å². The minimum absolute atomic E-state index is 0.0392. The van der Waals surface area contributed by atoms with Gasteiger partial charge in [0, 0.05) is 55.9 Å². The Morgan fingerprint density at radius 2 is 1.71 bits per heavy atom. The van der Waals surface area contributed by atoms with Crippen molar-refractivity contribution in [3.63, 3.8) is 0 Å². The van der Waals surface area contributed by atoms with E-state index in [1.807, 2.05) is 30.3 Å². The van der Waals surface area contributed by atoms with Crippen molar-refractivity contribution in [1.82, 2.24) is 35.2 Å². The van der Waals surface area contributed by atoms with Gasteiger partial charge in [0.2, 0.25) is 5.95 Å². The van der Waals surface area contributed by atoms with Gasteiger partial charge in [0.05, 0.1) is 30.8 Å². The molecule has 0 atom stereocenters. The number of rotatable bonds is 9. The number of nitrogens with zero attached hydrogens (tertiary/aromatic N) is 8. The van der Waals surface area contributed by atoms with Crippen molar-refractivity contribution in [2.24, 2.45) is 0 Å². The molecule has 0 spiro atoms. The van der Waals surface area contributed by atoms with Gasteiger partial charge in [-0.05, 0) is 38.2 Å². The SMILES string of the molecule is COc1ncc(-c2cnc(N(C(=O)NCc3ccccc3)C3CCC(Nc4ncc(C(F)(F)F)c(N5CC(C)(O)C5)n4)CC3)cn2)cn1.